The zero-order chi connectivity index (χ0) is 26.0. The summed E-state index contributed by atoms with van der Waals surface area (Å²) in [4.78, 5) is 29.6. The van der Waals surface area contributed by atoms with E-state index in [1.165, 1.54) is 12.0 Å². The van der Waals surface area contributed by atoms with Gasteiger partial charge in [0.2, 0.25) is 0 Å². The molecule has 36 heavy (non-hydrogen) atoms. The molecule has 2 heterocycles. The van der Waals surface area contributed by atoms with Gasteiger partial charge in [-0.3, -0.25) is 4.79 Å². The summed E-state index contributed by atoms with van der Waals surface area (Å²) >= 11 is 0. The lowest BCUT2D eigenvalue weighted by atomic mass is 9.96. The molecule has 0 radical (unpaired) electrons. The normalized spacial score (nSPS) is 19.3. The summed E-state index contributed by atoms with van der Waals surface area (Å²) in [7, 11) is 4.93. The average Bonchev–Trinajstić information content (AvgIpc) is 3.19. The molecule has 192 valence electrons. The summed E-state index contributed by atoms with van der Waals surface area (Å²) in [5.74, 6) is -0.271. The number of carbonyl (C=O) groups is 2. The highest BCUT2D eigenvalue weighted by Gasteiger charge is 2.33. The van der Waals surface area contributed by atoms with Crippen LogP contribution in [0, 0.1) is 5.92 Å². The number of aliphatic hydroxyl groups is 1. The van der Waals surface area contributed by atoms with Crippen molar-refractivity contribution in [3.8, 4) is 11.1 Å². The van der Waals surface area contributed by atoms with Crippen LogP contribution < -0.4 is 0 Å². The molecule has 1 aromatic heterocycles. The van der Waals surface area contributed by atoms with Crippen molar-refractivity contribution in [2.75, 3.05) is 33.9 Å². The van der Waals surface area contributed by atoms with Crippen LogP contribution in [0.5, 0.6) is 0 Å². The molecule has 1 aliphatic rings. The largest absolute Gasteiger partial charge is 0.453 e. The minimum absolute atomic E-state index is 0.126. The Hall–Kier alpha value is -3.36. The van der Waals surface area contributed by atoms with Crippen LogP contribution >= 0.6 is 0 Å². The molecule has 0 aliphatic carbocycles. The lowest BCUT2D eigenvalue weighted by Gasteiger charge is -2.34. The summed E-state index contributed by atoms with van der Waals surface area (Å²) in [5.41, 5.74) is 4.31. The van der Waals surface area contributed by atoms with E-state index in [4.69, 9.17) is 9.47 Å². The van der Waals surface area contributed by atoms with Crippen molar-refractivity contribution < 1.29 is 24.2 Å². The second-order valence-electron chi connectivity index (χ2n) is 9.62. The lowest BCUT2D eigenvalue weighted by Crippen LogP contribution is -2.48. The SMILES string of the molecule is COC(=O)N(C)C[C@H]1OCc2ccccc2-c2c(n(C)c3ccccc23)C(=O)N([C@H](C)CO)C[C@@H]1C. The number of amides is 2. The summed E-state index contributed by atoms with van der Waals surface area (Å²) in [6.07, 6.45) is -0.808. The molecular weight excluding hydrogens is 458 g/mol. The van der Waals surface area contributed by atoms with E-state index >= 15 is 0 Å². The van der Waals surface area contributed by atoms with Gasteiger partial charge in [-0.1, -0.05) is 49.4 Å². The smallest absolute Gasteiger partial charge is 0.409 e. The van der Waals surface area contributed by atoms with Gasteiger partial charge in [0.25, 0.3) is 5.91 Å². The van der Waals surface area contributed by atoms with Crippen molar-refractivity contribution >= 4 is 22.9 Å². The minimum atomic E-state index is -0.448. The molecule has 0 spiro atoms. The second-order valence-corrected chi connectivity index (χ2v) is 9.62. The zero-order valence-corrected chi connectivity index (χ0v) is 21.6. The molecule has 2 amide bonds. The highest BCUT2D eigenvalue weighted by molar-refractivity contribution is 6.10. The molecule has 1 N–H and O–H groups in total. The second kappa shape index (κ2) is 10.7. The number of hydrogen-bond acceptors (Lipinski definition) is 5. The molecular formula is C28H35N3O5. The van der Waals surface area contributed by atoms with E-state index in [0.717, 1.165) is 27.6 Å². The fourth-order valence-electron chi connectivity index (χ4n) is 5.03. The summed E-state index contributed by atoms with van der Waals surface area (Å²) in [6, 6.07) is 15.6. The van der Waals surface area contributed by atoms with E-state index < -0.39 is 12.1 Å². The molecule has 8 nitrogen and oxygen atoms in total. The summed E-state index contributed by atoms with van der Waals surface area (Å²) < 4.78 is 13.3. The van der Waals surface area contributed by atoms with Crippen LogP contribution in [0.15, 0.2) is 48.5 Å². The number of fused-ring (bicyclic) bond motifs is 5. The van der Waals surface area contributed by atoms with Crippen molar-refractivity contribution in [1.29, 1.82) is 0 Å². The molecule has 0 fully saturated rings. The molecule has 3 aromatic rings. The van der Waals surface area contributed by atoms with E-state index in [2.05, 4.69) is 0 Å². The molecule has 0 saturated carbocycles. The predicted molar refractivity (Wildman–Crippen MR) is 139 cm³/mol. The first-order valence-electron chi connectivity index (χ1n) is 12.3. The average molecular weight is 494 g/mol. The maximum Gasteiger partial charge on any atom is 0.409 e. The highest BCUT2D eigenvalue weighted by atomic mass is 16.5. The fourth-order valence-corrected chi connectivity index (χ4v) is 5.03. The van der Waals surface area contributed by atoms with Gasteiger partial charge in [-0.15, -0.1) is 0 Å². The Labute approximate surface area is 212 Å². The van der Waals surface area contributed by atoms with Gasteiger partial charge < -0.3 is 28.9 Å². The van der Waals surface area contributed by atoms with Crippen molar-refractivity contribution in [2.45, 2.75) is 32.6 Å². The standard InChI is InChI=1S/C28H35N3O5/c1-18-14-31(19(2)16-32)27(33)26-25(22-12-8-9-13-23(22)30(26)4)21-11-7-6-10-20(21)17-36-24(18)15-29(3)28(34)35-5/h6-13,18-19,24,32H,14-17H2,1-5H3/t18-,19+,24+/m0/s1. The summed E-state index contributed by atoms with van der Waals surface area (Å²) in [6.45, 7) is 4.68. The third-order valence-electron chi connectivity index (χ3n) is 7.17. The number of ether oxygens (including phenoxy) is 2. The Morgan fingerprint density at radius 1 is 1.22 bits per heavy atom. The molecule has 2 aromatic carbocycles. The van der Waals surface area contributed by atoms with Gasteiger partial charge in [0, 0.05) is 43.0 Å². The van der Waals surface area contributed by atoms with Gasteiger partial charge >= 0.3 is 6.09 Å². The number of rotatable bonds is 4. The number of carbonyl (C=O) groups excluding carboxylic acids is 2. The number of aliphatic hydroxyl groups excluding tert-OH is 1. The van der Waals surface area contributed by atoms with Crippen LogP contribution in [0.4, 0.5) is 4.79 Å². The Morgan fingerprint density at radius 3 is 2.64 bits per heavy atom. The molecule has 0 unspecified atom stereocenters. The van der Waals surface area contributed by atoms with Crippen LogP contribution in [-0.2, 0) is 23.1 Å². The van der Waals surface area contributed by atoms with Crippen molar-refractivity contribution in [1.82, 2.24) is 14.4 Å². The van der Waals surface area contributed by atoms with Crippen molar-refractivity contribution in [3.05, 3.63) is 59.8 Å². The Balaban J connectivity index is 1.90. The number of benzene rings is 2. The molecule has 1 aliphatic heterocycles. The quantitative estimate of drug-likeness (QED) is 0.596. The molecule has 8 heteroatoms. The number of methoxy groups -OCH3 is 1. The molecule has 4 rings (SSSR count). The number of para-hydroxylation sites is 1. The Bertz CT molecular complexity index is 1250. The monoisotopic (exact) mass is 493 g/mol. The van der Waals surface area contributed by atoms with E-state index in [1.807, 2.05) is 74.0 Å². The Kier molecular flexibility index (Phi) is 7.66. The van der Waals surface area contributed by atoms with Gasteiger partial charge in [0.1, 0.15) is 5.69 Å². The molecule has 3 atom stereocenters. The van der Waals surface area contributed by atoms with Gasteiger partial charge in [0.15, 0.2) is 0 Å². The Morgan fingerprint density at radius 2 is 1.92 bits per heavy atom. The van der Waals surface area contributed by atoms with Crippen LogP contribution in [0.2, 0.25) is 0 Å². The zero-order valence-electron chi connectivity index (χ0n) is 21.6. The first-order chi connectivity index (χ1) is 17.3. The number of aromatic nitrogens is 1. The first-order valence-corrected chi connectivity index (χ1v) is 12.3. The molecule has 0 saturated heterocycles. The third kappa shape index (κ3) is 4.70. The summed E-state index contributed by atoms with van der Waals surface area (Å²) in [5, 5.41) is 11.1. The van der Waals surface area contributed by atoms with Crippen molar-refractivity contribution in [3.63, 3.8) is 0 Å². The topological polar surface area (TPSA) is 84.2 Å². The van der Waals surface area contributed by atoms with Crippen LogP contribution in [0.25, 0.3) is 22.0 Å². The first kappa shape index (κ1) is 25.7. The van der Waals surface area contributed by atoms with Gasteiger partial charge in [-0.05, 0) is 24.1 Å². The van der Waals surface area contributed by atoms with E-state index in [9.17, 15) is 14.7 Å². The predicted octanol–water partition coefficient (Wildman–Crippen LogP) is 3.90. The molecule has 0 bridgehead atoms. The maximum atomic E-state index is 14.3. The number of aryl methyl sites for hydroxylation is 1. The van der Waals surface area contributed by atoms with Gasteiger partial charge in [0.05, 0.1) is 39.0 Å². The van der Waals surface area contributed by atoms with Gasteiger partial charge in [-0.2, -0.15) is 0 Å². The highest BCUT2D eigenvalue weighted by Crippen LogP contribution is 2.38. The van der Waals surface area contributed by atoms with E-state index in [-0.39, 0.29) is 24.5 Å². The maximum absolute atomic E-state index is 14.3. The number of nitrogens with zero attached hydrogens (tertiary/aromatic N) is 3. The van der Waals surface area contributed by atoms with Crippen molar-refractivity contribution in [2.24, 2.45) is 13.0 Å². The number of hydrogen-bond donors (Lipinski definition) is 1. The van der Waals surface area contributed by atoms with Gasteiger partial charge in [-0.25, -0.2) is 4.79 Å². The third-order valence-corrected chi connectivity index (χ3v) is 7.17. The van der Waals surface area contributed by atoms with Crippen LogP contribution in [0.1, 0.15) is 29.9 Å². The van der Waals surface area contributed by atoms with E-state index in [1.54, 1.807) is 11.9 Å². The van der Waals surface area contributed by atoms with E-state index in [0.29, 0.717) is 25.4 Å². The van der Waals surface area contributed by atoms with Crippen LogP contribution in [0.3, 0.4) is 0 Å². The fraction of sp³-hybridized carbons (Fsp3) is 0.429. The van der Waals surface area contributed by atoms with Crippen LogP contribution in [-0.4, -0.2) is 77.5 Å². The number of likely N-dealkylation sites (N-methyl/N-ethyl adjacent to an activating group) is 1. The lowest BCUT2D eigenvalue weighted by molar-refractivity contribution is -0.0220. The minimum Gasteiger partial charge on any atom is -0.453 e.